The van der Waals surface area contributed by atoms with E-state index >= 15 is 0 Å². The minimum absolute atomic E-state index is 0.0322. The van der Waals surface area contributed by atoms with E-state index in [-0.39, 0.29) is 18.2 Å². The summed E-state index contributed by atoms with van der Waals surface area (Å²) in [6.07, 6.45) is 1.87. The molecule has 0 atom stereocenters. The fraction of sp³-hybridized carbons (Fsp3) is 0.471. The molecule has 6 nitrogen and oxygen atoms in total. The number of nitrogens with one attached hydrogen (secondary N) is 2. The monoisotopic (exact) mass is 320 g/mol. The average Bonchev–Trinajstić information content (AvgIpc) is 2.44. The van der Waals surface area contributed by atoms with Crippen LogP contribution in [0.25, 0.3) is 0 Å². The number of carbonyl (C=O) groups excluding carboxylic acids is 2. The molecule has 0 aliphatic rings. The van der Waals surface area contributed by atoms with Crippen molar-refractivity contribution in [1.82, 2.24) is 0 Å². The lowest BCUT2D eigenvalue weighted by atomic mass is 10.1. The maximum atomic E-state index is 11.7. The second kappa shape index (κ2) is 9.61. The smallest absolute Gasteiger partial charge is 0.303 e. The van der Waals surface area contributed by atoms with Gasteiger partial charge in [-0.15, -0.1) is 0 Å². The van der Waals surface area contributed by atoms with Crippen LogP contribution in [0.3, 0.4) is 0 Å². The van der Waals surface area contributed by atoms with Crippen molar-refractivity contribution in [3.8, 4) is 0 Å². The van der Waals surface area contributed by atoms with Gasteiger partial charge in [0.25, 0.3) is 0 Å². The molecule has 0 bridgehead atoms. The fourth-order valence-electron chi connectivity index (χ4n) is 2.00. The maximum Gasteiger partial charge on any atom is 0.303 e. The summed E-state index contributed by atoms with van der Waals surface area (Å²) in [4.78, 5) is 33.7. The van der Waals surface area contributed by atoms with E-state index in [1.165, 1.54) is 0 Å². The zero-order valence-electron chi connectivity index (χ0n) is 13.6. The number of carbonyl (C=O) groups is 3. The summed E-state index contributed by atoms with van der Waals surface area (Å²) < 4.78 is 0. The van der Waals surface area contributed by atoms with Crippen molar-refractivity contribution in [3.63, 3.8) is 0 Å². The molecule has 0 aliphatic carbocycles. The molecule has 126 valence electrons. The molecule has 0 spiro atoms. The number of aliphatic carboxylic acids is 1. The molecule has 23 heavy (non-hydrogen) atoms. The van der Waals surface area contributed by atoms with E-state index in [4.69, 9.17) is 5.11 Å². The van der Waals surface area contributed by atoms with E-state index in [9.17, 15) is 14.4 Å². The largest absolute Gasteiger partial charge is 0.481 e. The molecule has 0 fully saturated rings. The normalized spacial score (nSPS) is 10.4. The van der Waals surface area contributed by atoms with Gasteiger partial charge >= 0.3 is 5.97 Å². The van der Waals surface area contributed by atoms with E-state index in [0.717, 1.165) is 0 Å². The molecule has 0 saturated carbocycles. The molecule has 0 saturated heterocycles. The van der Waals surface area contributed by atoms with Crippen molar-refractivity contribution in [2.45, 2.75) is 46.0 Å². The first-order chi connectivity index (χ1) is 10.9. The summed E-state index contributed by atoms with van der Waals surface area (Å²) in [6.45, 7) is 3.96. The standard InChI is InChI=1S/C17H24N2O4/c1-12(2)11-16(21)19-14-9-7-13(8-10-14)18-15(20)5-3-4-6-17(22)23/h7-10,12H,3-6,11H2,1-2H3,(H,18,20)(H,19,21)(H,22,23). The average molecular weight is 320 g/mol. The van der Waals surface area contributed by atoms with Gasteiger partial charge in [-0.3, -0.25) is 14.4 Å². The number of hydrogen-bond donors (Lipinski definition) is 3. The molecule has 0 unspecified atom stereocenters. The second-order valence-corrected chi connectivity index (χ2v) is 5.87. The van der Waals surface area contributed by atoms with Gasteiger partial charge in [0.05, 0.1) is 0 Å². The predicted octanol–water partition coefficient (Wildman–Crippen LogP) is 3.25. The maximum absolute atomic E-state index is 11.7. The molecular formula is C17H24N2O4. The first-order valence-electron chi connectivity index (χ1n) is 7.78. The molecule has 1 rings (SSSR count). The van der Waals surface area contributed by atoms with E-state index in [1.54, 1.807) is 24.3 Å². The molecule has 0 aromatic heterocycles. The highest BCUT2D eigenvalue weighted by Crippen LogP contribution is 2.15. The lowest BCUT2D eigenvalue weighted by Crippen LogP contribution is -2.14. The number of unbranched alkanes of at least 4 members (excludes halogenated alkanes) is 1. The van der Waals surface area contributed by atoms with Crippen LogP contribution in [0.1, 0.15) is 46.0 Å². The fourth-order valence-corrected chi connectivity index (χ4v) is 2.00. The van der Waals surface area contributed by atoms with Gasteiger partial charge in [-0.25, -0.2) is 0 Å². The van der Waals surface area contributed by atoms with E-state index in [0.29, 0.717) is 43.0 Å². The van der Waals surface area contributed by atoms with Gasteiger partial charge in [0.2, 0.25) is 11.8 Å². The quantitative estimate of drug-likeness (QED) is 0.609. The molecule has 1 aromatic carbocycles. The number of rotatable bonds is 9. The number of benzene rings is 1. The van der Waals surface area contributed by atoms with E-state index < -0.39 is 5.97 Å². The molecule has 3 N–H and O–H groups in total. The number of anilines is 2. The van der Waals surface area contributed by atoms with Gasteiger partial charge in [0, 0.05) is 30.6 Å². The van der Waals surface area contributed by atoms with Crippen LogP contribution < -0.4 is 10.6 Å². The van der Waals surface area contributed by atoms with Gasteiger partial charge in [0.15, 0.2) is 0 Å². The SMILES string of the molecule is CC(C)CC(=O)Nc1ccc(NC(=O)CCCCC(=O)O)cc1. The highest BCUT2D eigenvalue weighted by molar-refractivity contribution is 5.93. The molecule has 1 aromatic rings. The van der Waals surface area contributed by atoms with E-state index in [1.807, 2.05) is 13.8 Å². The van der Waals surface area contributed by atoms with Crippen LogP contribution in [-0.4, -0.2) is 22.9 Å². The van der Waals surface area contributed by atoms with Crippen molar-refractivity contribution < 1.29 is 19.5 Å². The number of hydrogen-bond acceptors (Lipinski definition) is 3. The van der Waals surface area contributed by atoms with Crippen molar-refractivity contribution >= 4 is 29.2 Å². The van der Waals surface area contributed by atoms with Crippen molar-refractivity contribution in [1.29, 1.82) is 0 Å². The Morgan fingerprint density at radius 2 is 1.39 bits per heavy atom. The minimum atomic E-state index is -0.847. The Kier molecular flexibility index (Phi) is 7.80. The Labute approximate surface area is 136 Å². The topological polar surface area (TPSA) is 95.5 Å². The Hall–Kier alpha value is -2.37. The molecule has 0 aliphatic heterocycles. The van der Waals surface area contributed by atoms with Crippen molar-refractivity contribution in [2.75, 3.05) is 10.6 Å². The lowest BCUT2D eigenvalue weighted by Gasteiger charge is -2.09. The van der Waals surface area contributed by atoms with Crippen LogP contribution in [0.4, 0.5) is 11.4 Å². The van der Waals surface area contributed by atoms with E-state index in [2.05, 4.69) is 10.6 Å². The Morgan fingerprint density at radius 1 is 0.913 bits per heavy atom. The second-order valence-electron chi connectivity index (χ2n) is 5.87. The van der Waals surface area contributed by atoms with Crippen molar-refractivity contribution in [3.05, 3.63) is 24.3 Å². The summed E-state index contributed by atoms with van der Waals surface area (Å²) in [6, 6.07) is 6.91. The first-order valence-corrected chi connectivity index (χ1v) is 7.78. The summed E-state index contributed by atoms with van der Waals surface area (Å²) in [7, 11) is 0. The summed E-state index contributed by atoms with van der Waals surface area (Å²) in [5.74, 6) is -0.725. The molecule has 0 heterocycles. The highest BCUT2D eigenvalue weighted by Gasteiger charge is 2.06. The predicted molar refractivity (Wildman–Crippen MR) is 89.3 cm³/mol. The summed E-state index contributed by atoms with van der Waals surface area (Å²) >= 11 is 0. The Bertz CT molecular complexity index is 538. The molecule has 0 radical (unpaired) electrons. The van der Waals surface area contributed by atoms with Gasteiger partial charge in [0.1, 0.15) is 0 Å². The van der Waals surface area contributed by atoms with Crippen LogP contribution in [0.5, 0.6) is 0 Å². The van der Waals surface area contributed by atoms with Gasteiger partial charge < -0.3 is 15.7 Å². The number of carboxylic acids is 1. The summed E-state index contributed by atoms with van der Waals surface area (Å²) in [5.41, 5.74) is 1.34. The third-order valence-corrected chi connectivity index (χ3v) is 3.09. The molecular weight excluding hydrogens is 296 g/mol. The Balaban J connectivity index is 2.37. The minimum Gasteiger partial charge on any atom is -0.481 e. The van der Waals surface area contributed by atoms with Gasteiger partial charge in [-0.2, -0.15) is 0 Å². The van der Waals surface area contributed by atoms with Crippen LogP contribution in [0.2, 0.25) is 0 Å². The first kappa shape index (κ1) is 18.7. The zero-order chi connectivity index (χ0) is 17.2. The number of carboxylic acid groups (broad SMARTS) is 1. The third kappa shape index (κ3) is 8.60. The van der Waals surface area contributed by atoms with Gasteiger partial charge in [-0.1, -0.05) is 13.8 Å². The Morgan fingerprint density at radius 3 is 1.87 bits per heavy atom. The highest BCUT2D eigenvalue weighted by atomic mass is 16.4. The van der Waals surface area contributed by atoms with Gasteiger partial charge in [-0.05, 0) is 43.0 Å². The van der Waals surface area contributed by atoms with Crippen LogP contribution in [0.15, 0.2) is 24.3 Å². The third-order valence-electron chi connectivity index (χ3n) is 3.09. The zero-order valence-corrected chi connectivity index (χ0v) is 13.6. The van der Waals surface area contributed by atoms with Crippen LogP contribution in [0, 0.1) is 5.92 Å². The summed E-state index contributed by atoms with van der Waals surface area (Å²) in [5, 5.41) is 14.1. The molecule has 2 amide bonds. The lowest BCUT2D eigenvalue weighted by molar-refractivity contribution is -0.137. The number of amides is 2. The van der Waals surface area contributed by atoms with Crippen LogP contribution >= 0.6 is 0 Å². The molecule has 6 heteroatoms. The van der Waals surface area contributed by atoms with Crippen molar-refractivity contribution in [2.24, 2.45) is 5.92 Å². The van der Waals surface area contributed by atoms with Crippen LogP contribution in [-0.2, 0) is 14.4 Å².